The first-order chi connectivity index (χ1) is 15.4. The Morgan fingerprint density at radius 3 is 2.44 bits per heavy atom. The molecule has 0 unspecified atom stereocenters. The molecule has 9 heteroatoms. The number of hydrogen-bond donors (Lipinski definition) is 1. The van der Waals surface area contributed by atoms with Crippen LogP contribution in [0.25, 0.3) is 28.0 Å². The maximum Gasteiger partial charge on any atom is 0.416 e. The van der Waals surface area contributed by atoms with Crippen molar-refractivity contribution in [2.24, 2.45) is 0 Å². The lowest BCUT2D eigenvalue weighted by Crippen LogP contribution is -2.05. The van der Waals surface area contributed by atoms with Crippen molar-refractivity contribution < 1.29 is 27.4 Å². The van der Waals surface area contributed by atoms with Crippen LogP contribution in [0, 0.1) is 0 Å². The van der Waals surface area contributed by atoms with Gasteiger partial charge in [-0.15, -0.1) is 0 Å². The molecule has 0 spiro atoms. The van der Waals surface area contributed by atoms with Crippen LogP contribution in [0.1, 0.15) is 5.56 Å². The average Bonchev–Trinajstić information content (AvgIpc) is 3.22. The third kappa shape index (κ3) is 3.84. The molecule has 2 aromatic heterocycles. The van der Waals surface area contributed by atoms with Crippen molar-refractivity contribution in [1.82, 2.24) is 9.38 Å². The Bertz CT molecular complexity index is 1300. The van der Waals surface area contributed by atoms with Crippen LogP contribution in [0.3, 0.4) is 0 Å². The third-order valence-corrected chi connectivity index (χ3v) is 5.02. The number of methoxy groups -OCH3 is 2. The predicted molar refractivity (Wildman–Crippen MR) is 114 cm³/mol. The Balaban J connectivity index is 1.92. The summed E-state index contributed by atoms with van der Waals surface area (Å²) in [5.74, 6) is 1.06. The molecule has 2 aromatic carbocycles. The van der Waals surface area contributed by atoms with Gasteiger partial charge < -0.3 is 14.8 Å². The average molecular weight is 441 g/mol. The monoisotopic (exact) mass is 441 g/mol. The number of benzene rings is 2. The molecule has 0 saturated heterocycles. The summed E-state index contributed by atoms with van der Waals surface area (Å²) in [5, 5.41) is 2.61. The molecule has 0 atom stereocenters. The number of alkyl halides is 3. The van der Waals surface area contributed by atoms with Crippen molar-refractivity contribution in [3.8, 4) is 33.9 Å². The fraction of sp³-hybridized carbons (Fsp3) is 0.130. The molecule has 4 aromatic rings. The summed E-state index contributed by atoms with van der Waals surface area (Å²) in [7, 11) is 3.05. The highest BCUT2D eigenvalue weighted by molar-refractivity contribution is 5.86. The molecule has 6 nitrogen and oxygen atoms in total. The lowest BCUT2D eigenvalue weighted by molar-refractivity contribution is -0.137. The van der Waals surface area contributed by atoms with E-state index in [0.717, 1.165) is 17.7 Å². The summed E-state index contributed by atoms with van der Waals surface area (Å²) in [6.45, 7) is 0. The highest BCUT2D eigenvalue weighted by atomic mass is 19.4. The second-order valence-electron chi connectivity index (χ2n) is 6.89. The van der Waals surface area contributed by atoms with Gasteiger partial charge in [0.05, 0.1) is 37.4 Å². The van der Waals surface area contributed by atoms with E-state index in [1.807, 2.05) is 6.07 Å². The predicted octanol–water partition coefficient (Wildman–Crippen LogP) is 5.27. The quantitative estimate of drug-likeness (QED) is 0.414. The normalized spacial score (nSPS) is 11.4. The van der Waals surface area contributed by atoms with Crippen LogP contribution in [0.2, 0.25) is 0 Å². The zero-order valence-corrected chi connectivity index (χ0v) is 17.1. The molecule has 0 fully saturated rings. The summed E-state index contributed by atoms with van der Waals surface area (Å²) >= 11 is 0. The molecule has 0 radical (unpaired) electrons. The Hall–Kier alpha value is -4.01. The van der Waals surface area contributed by atoms with Crippen LogP contribution >= 0.6 is 0 Å². The van der Waals surface area contributed by atoms with Gasteiger partial charge in [-0.05, 0) is 35.9 Å². The van der Waals surface area contributed by atoms with Crippen molar-refractivity contribution in [3.63, 3.8) is 0 Å². The summed E-state index contributed by atoms with van der Waals surface area (Å²) in [6.07, 6.45) is -0.730. The topological polar surface area (TPSA) is 64.9 Å². The van der Waals surface area contributed by atoms with E-state index in [0.29, 0.717) is 46.1 Å². The molecule has 0 saturated carbocycles. The van der Waals surface area contributed by atoms with E-state index in [4.69, 9.17) is 9.47 Å². The lowest BCUT2D eigenvalue weighted by atomic mass is 10.1. The zero-order chi connectivity index (χ0) is 22.9. The molecule has 1 amide bonds. The Morgan fingerprint density at radius 2 is 1.75 bits per heavy atom. The number of halogens is 3. The van der Waals surface area contributed by atoms with E-state index in [9.17, 15) is 18.0 Å². The highest BCUT2D eigenvalue weighted by Crippen LogP contribution is 2.36. The van der Waals surface area contributed by atoms with Crippen LogP contribution in [0.5, 0.6) is 11.5 Å². The molecule has 2 heterocycles. The highest BCUT2D eigenvalue weighted by Gasteiger charge is 2.30. The molecule has 0 aliphatic heterocycles. The molecule has 164 valence electrons. The molecule has 32 heavy (non-hydrogen) atoms. The van der Waals surface area contributed by atoms with Crippen molar-refractivity contribution >= 4 is 17.7 Å². The molecule has 0 bridgehead atoms. The summed E-state index contributed by atoms with van der Waals surface area (Å²) in [6, 6.07) is 12.1. The number of carbonyl (C=O) groups is 1. The van der Waals surface area contributed by atoms with Crippen molar-refractivity contribution in [2.45, 2.75) is 6.18 Å². The second kappa shape index (κ2) is 8.26. The number of nitrogens with zero attached hydrogens (tertiary/aromatic N) is 2. The van der Waals surface area contributed by atoms with E-state index in [1.54, 1.807) is 34.9 Å². The molecular formula is C23H18F3N3O3. The van der Waals surface area contributed by atoms with Crippen LogP contribution < -0.4 is 14.8 Å². The maximum absolute atomic E-state index is 13.2. The number of carbonyl (C=O) groups excluding carboxylic acids is 1. The Kier molecular flexibility index (Phi) is 5.48. The van der Waals surface area contributed by atoms with Gasteiger partial charge in [-0.25, -0.2) is 4.98 Å². The van der Waals surface area contributed by atoms with Gasteiger partial charge >= 0.3 is 6.18 Å². The number of aromatic nitrogens is 2. The van der Waals surface area contributed by atoms with E-state index in [2.05, 4.69) is 10.3 Å². The van der Waals surface area contributed by atoms with Crippen LogP contribution in [-0.4, -0.2) is 30.0 Å². The SMILES string of the molecule is COc1ccc(-c2cc(NC=O)c3ncc(-c4cccc(C(F)(F)F)c4)n3c2)cc1OC. The van der Waals surface area contributed by atoms with Gasteiger partial charge in [0.15, 0.2) is 17.1 Å². The minimum Gasteiger partial charge on any atom is -0.493 e. The van der Waals surface area contributed by atoms with Crippen molar-refractivity contribution in [3.05, 3.63) is 66.5 Å². The van der Waals surface area contributed by atoms with Crippen LogP contribution in [0.4, 0.5) is 18.9 Å². The number of pyridine rings is 1. The van der Waals surface area contributed by atoms with Crippen molar-refractivity contribution in [2.75, 3.05) is 19.5 Å². The van der Waals surface area contributed by atoms with Crippen LogP contribution in [-0.2, 0) is 11.0 Å². The largest absolute Gasteiger partial charge is 0.493 e. The van der Waals surface area contributed by atoms with E-state index in [1.165, 1.54) is 26.5 Å². The Labute approximate surface area is 181 Å². The first-order valence-electron chi connectivity index (χ1n) is 9.47. The molecular weight excluding hydrogens is 423 g/mol. The number of rotatable bonds is 6. The van der Waals surface area contributed by atoms with E-state index in [-0.39, 0.29) is 0 Å². The van der Waals surface area contributed by atoms with Crippen molar-refractivity contribution in [1.29, 1.82) is 0 Å². The number of fused-ring (bicyclic) bond motifs is 1. The van der Waals surface area contributed by atoms with Gasteiger partial charge in [-0.3, -0.25) is 9.20 Å². The zero-order valence-electron chi connectivity index (χ0n) is 17.1. The van der Waals surface area contributed by atoms with Gasteiger partial charge in [0.1, 0.15) is 0 Å². The minimum absolute atomic E-state index is 0.342. The minimum atomic E-state index is -4.47. The molecule has 4 rings (SSSR count). The number of ether oxygens (including phenoxy) is 2. The number of amides is 1. The maximum atomic E-state index is 13.2. The van der Waals surface area contributed by atoms with Gasteiger partial charge in [-0.1, -0.05) is 18.2 Å². The van der Waals surface area contributed by atoms with Gasteiger partial charge in [0, 0.05) is 17.3 Å². The molecule has 0 aliphatic carbocycles. The lowest BCUT2D eigenvalue weighted by Gasteiger charge is -2.13. The van der Waals surface area contributed by atoms with Gasteiger partial charge in [-0.2, -0.15) is 13.2 Å². The van der Waals surface area contributed by atoms with E-state index < -0.39 is 11.7 Å². The number of imidazole rings is 1. The smallest absolute Gasteiger partial charge is 0.416 e. The number of hydrogen-bond acceptors (Lipinski definition) is 4. The fourth-order valence-corrected chi connectivity index (χ4v) is 3.50. The number of anilines is 1. The summed E-state index contributed by atoms with van der Waals surface area (Å²) < 4.78 is 51.9. The fourth-order valence-electron chi connectivity index (χ4n) is 3.50. The number of nitrogens with one attached hydrogen (secondary N) is 1. The Morgan fingerprint density at radius 1 is 0.969 bits per heavy atom. The molecule has 0 aliphatic rings. The van der Waals surface area contributed by atoms with E-state index >= 15 is 0 Å². The summed E-state index contributed by atoms with van der Waals surface area (Å²) in [5.41, 5.74) is 2.28. The van der Waals surface area contributed by atoms with Gasteiger partial charge in [0.2, 0.25) is 6.41 Å². The molecule has 1 N–H and O–H groups in total. The summed E-state index contributed by atoms with van der Waals surface area (Å²) in [4.78, 5) is 15.5. The third-order valence-electron chi connectivity index (χ3n) is 5.02. The standard InChI is InChI=1S/C23H18F3N3O3/c1-31-20-7-6-14(10-21(20)32-2)16-9-18(28-13-30)22-27-11-19(29(22)12-16)15-4-3-5-17(8-15)23(24,25)26/h3-13H,1-2H3,(H,28,30). The first-order valence-corrected chi connectivity index (χ1v) is 9.47. The first kappa shape index (κ1) is 21.2. The second-order valence-corrected chi connectivity index (χ2v) is 6.89. The van der Waals surface area contributed by atoms with Gasteiger partial charge in [0.25, 0.3) is 0 Å². The van der Waals surface area contributed by atoms with Crippen LogP contribution in [0.15, 0.2) is 60.9 Å².